The van der Waals surface area contributed by atoms with Gasteiger partial charge in [0, 0.05) is 18.6 Å². The van der Waals surface area contributed by atoms with Gasteiger partial charge in [0.2, 0.25) is 0 Å². The molecule has 0 spiro atoms. The molecular formula is C19H15BrF3N5OS. The predicted octanol–water partition coefficient (Wildman–Crippen LogP) is 5.22. The molecule has 4 rings (SSSR count). The molecule has 0 aliphatic carbocycles. The maximum absolute atomic E-state index is 13.2. The minimum absolute atomic E-state index is 0.0933. The van der Waals surface area contributed by atoms with Crippen LogP contribution in [0.3, 0.4) is 0 Å². The lowest BCUT2D eigenvalue weighted by molar-refractivity contribution is -0.140. The summed E-state index contributed by atoms with van der Waals surface area (Å²) in [6.07, 6.45) is -2.86. The van der Waals surface area contributed by atoms with Crippen molar-refractivity contribution in [1.82, 2.24) is 19.6 Å². The van der Waals surface area contributed by atoms with Crippen LogP contribution in [-0.4, -0.2) is 25.5 Å². The number of anilines is 1. The van der Waals surface area contributed by atoms with E-state index in [2.05, 4.69) is 31.4 Å². The Bertz CT molecular complexity index is 1260. The first-order valence-corrected chi connectivity index (χ1v) is 10.4. The van der Waals surface area contributed by atoms with Gasteiger partial charge in [-0.1, -0.05) is 29.8 Å². The van der Waals surface area contributed by atoms with Gasteiger partial charge in [-0.3, -0.25) is 14.2 Å². The molecule has 3 heterocycles. The quantitative estimate of drug-likeness (QED) is 0.420. The van der Waals surface area contributed by atoms with E-state index in [1.54, 1.807) is 10.9 Å². The second-order valence-corrected chi connectivity index (χ2v) is 8.65. The van der Waals surface area contributed by atoms with Crippen LogP contribution in [0, 0.1) is 6.92 Å². The zero-order valence-corrected chi connectivity index (χ0v) is 18.2. The van der Waals surface area contributed by atoms with Crippen molar-refractivity contribution in [3.8, 4) is 0 Å². The highest BCUT2D eigenvalue weighted by molar-refractivity contribution is 9.10. The Kier molecular flexibility index (Phi) is 5.18. The third-order valence-electron chi connectivity index (χ3n) is 4.38. The first-order valence-electron chi connectivity index (χ1n) is 8.75. The molecule has 0 bridgehead atoms. The first-order chi connectivity index (χ1) is 14.1. The van der Waals surface area contributed by atoms with Crippen molar-refractivity contribution in [3.63, 3.8) is 0 Å². The van der Waals surface area contributed by atoms with Crippen LogP contribution in [-0.2, 0) is 19.8 Å². The standard InChI is InChI=1S/C19H15BrF3N5OS/c1-10-4-3-5-11(6-10)8-28-9-13(20)16(26-28)24-17(29)14-7-12-15(19(21,22)23)25-27(2)18(12)30-14/h3-7,9H,8H2,1-2H3,(H,24,26,29). The number of nitrogens with one attached hydrogen (secondary N) is 1. The number of halogens is 4. The zero-order valence-electron chi connectivity index (χ0n) is 15.8. The first kappa shape index (κ1) is 20.6. The number of aromatic nitrogens is 4. The van der Waals surface area contributed by atoms with Gasteiger partial charge in [-0.25, -0.2) is 0 Å². The summed E-state index contributed by atoms with van der Waals surface area (Å²) in [7, 11) is 1.42. The summed E-state index contributed by atoms with van der Waals surface area (Å²) in [5.74, 6) is -0.245. The van der Waals surface area contributed by atoms with Crippen molar-refractivity contribution in [3.05, 3.63) is 62.7 Å². The molecule has 30 heavy (non-hydrogen) atoms. The van der Waals surface area contributed by atoms with Gasteiger partial charge >= 0.3 is 6.18 Å². The molecule has 0 saturated heterocycles. The highest BCUT2D eigenvalue weighted by atomic mass is 79.9. The van der Waals surface area contributed by atoms with E-state index in [9.17, 15) is 18.0 Å². The summed E-state index contributed by atoms with van der Waals surface area (Å²) in [6, 6.07) is 9.18. The number of carbonyl (C=O) groups is 1. The third kappa shape index (κ3) is 3.99. The number of hydrogen-bond donors (Lipinski definition) is 1. The maximum atomic E-state index is 13.2. The van der Waals surface area contributed by atoms with Gasteiger partial charge in [0.05, 0.1) is 15.9 Å². The molecule has 4 aromatic rings. The number of hydrogen-bond acceptors (Lipinski definition) is 4. The molecule has 0 fully saturated rings. The number of aryl methyl sites for hydroxylation is 2. The van der Waals surface area contributed by atoms with Crippen LogP contribution >= 0.6 is 27.3 Å². The average molecular weight is 498 g/mol. The molecule has 0 radical (unpaired) electrons. The van der Waals surface area contributed by atoms with E-state index in [0.29, 0.717) is 16.8 Å². The topological polar surface area (TPSA) is 64.7 Å². The van der Waals surface area contributed by atoms with E-state index in [1.807, 2.05) is 31.2 Å². The van der Waals surface area contributed by atoms with Crippen molar-refractivity contribution >= 4 is 49.2 Å². The number of fused-ring (bicyclic) bond motifs is 1. The minimum Gasteiger partial charge on any atom is -0.303 e. The molecule has 1 aromatic carbocycles. The fourth-order valence-electron chi connectivity index (χ4n) is 3.09. The van der Waals surface area contributed by atoms with E-state index >= 15 is 0 Å². The lowest BCUT2D eigenvalue weighted by Gasteiger charge is -2.03. The van der Waals surface area contributed by atoms with Gasteiger partial charge in [0.1, 0.15) is 4.83 Å². The van der Waals surface area contributed by atoms with Crippen LogP contribution in [0.2, 0.25) is 0 Å². The Hall–Kier alpha value is -2.66. The minimum atomic E-state index is -4.59. The van der Waals surface area contributed by atoms with Gasteiger partial charge in [-0.15, -0.1) is 11.3 Å². The Morgan fingerprint density at radius 2 is 2.03 bits per heavy atom. The Balaban J connectivity index is 1.56. The van der Waals surface area contributed by atoms with E-state index in [-0.39, 0.29) is 15.1 Å². The second kappa shape index (κ2) is 7.55. The molecule has 1 amide bonds. The summed E-state index contributed by atoms with van der Waals surface area (Å²) >= 11 is 4.31. The number of alkyl halides is 3. The summed E-state index contributed by atoms with van der Waals surface area (Å²) in [5, 5.41) is 10.4. The summed E-state index contributed by atoms with van der Waals surface area (Å²) < 4.78 is 42.8. The van der Waals surface area contributed by atoms with Crippen molar-refractivity contribution in [1.29, 1.82) is 0 Å². The SMILES string of the molecule is Cc1cccc(Cn2cc(Br)c(NC(=O)c3cc4c(C(F)(F)F)nn(C)c4s3)n2)c1. The van der Waals surface area contributed by atoms with Crippen molar-refractivity contribution < 1.29 is 18.0 Å². The number of amides is 1. The lowest BCUT2D eigenvalue weighted by Crippen LogP contribution is -2.12. The predicted molar refractivity (Wildman–Crippen MR) is 112 cm³/mol. The molecule has 156 valence electrons. The number of nitrogens with zero attached hydrogens (tertiary/aromatic N) is 4. The van der Waals surface area contributed by atoms with E-state index in [4.69, 9.17) is 0 Å². The van der Waals surface area contributed by atoms with Crippen LogP contribution in [0.1, 0.15) is 26.5 Å². The molecule has 6 nitrogen and oxygen atoms in total. The maximum Gasteiger partial charge on any atom is 0.435 e. The molecule has 0 saturated carbocycles. The number of rotatable bonds is 4. The molecule has 3 aromatic heterocycles. The normalized spacial score (nSPS) is 11.9. The smallest absolute Gasteiger partial charge is 0.303 e. The van der Waals surface area contributed by atoms with Crippen molar-refractivity contribution in [2.75, 3.05) is 5.32 Å². The number of thiophene rings is 1. The Morgan fingerprint density at radius 3 is 2.73 bits per heavy atom. The van der Waals surface area contributed by atoms with Crippen molar-refractivity contribution in [2.24, 2.45) is 7.05 Å². The van der Waals surface area contributed by atoms with Crippen LogP contribution < -0.4 is 5.32 Å². The highest BCUT2D eigenvalue weighted by Crippen LogP contribution is 2.37. The fraction of sp³-hybridized carbons (Fsp3) is 0.211. The molecule has 0 unspecified atom stereocenters. The number of benzene rings is 1. The van der Waals surface area contributed by atoms with Gasteiger partial charge in [-0.2, -0.15) is 23.4 Å². The van der Waals surface area contributed by atoms with Crippen molar-refractivity contribution in [2.45, 2.75) is 19.6 Å². The van der Waals surface area contributed by atoms with Crippen LogP contribution in [0.5, 0.6) is 0 Å². The van der Waals surface area contributed by atoms with E-state index in [1.165, 1.54) is 13.1 Å². The zero-order chi connectivity index (χ0) is 21.6. The fourth-order valence-corrected chi connectivity index (χ4v) is 4.47. The van der Waals surface area contributed by atoms with Crippen LogP contribution in [0.4, 0.5) is 19.0 Å². The van der Waals surface area contributed by atoms with Crippen LogP contribution in [0.15, 0.2) is 41.0 Å². The van der Waals surface area contributed by atoms with E-state index < -0.39 is 17.8 Å². The van der Waals surface area contributed by atoms with Gasteiger partial charge in [-0.05, 0) is 34.5 Å². The highest BCUT2D eigenvalue weighted by Gasteiger charge is 2.37. The molecule has 1 N–H and O–H groups in total. The van der Waals surface area contributed by atoms with Gasteiger partial charge < -0.3 is 5.32 Å². The van der Waals surface area contributed by atoms with E-state index in [0.717, 1.165) is 27.1 Å². The Labute approximate surface area is 181 Å². The number of carbonyl (C=O) groups excluding carboxylic acids is 1. The second-order valence-electron chi connectivity index (χ2n) is 6.77. The monoisotopic (exact) mass is 497 g/mol. The molecule has 11 heteroatoms. The average Bonchev–Trinajstić information content (AvgIpc) is 3.30. The van der Waals surface area contributed by atoms with Gasteiger partial charge in [0.25, 0.3) is 5.91 Å². The largest absolute Gasteiger partial charge is 0.435 e. The molecule has 0 aliphatic rings. The summed E-state index contributed by atoms with van der Waals surface area (Å²) in [5.41, 5.74) is 1.18. The third-order valence-corrected chi connectivity index (χ3v) is 6.16. The summed E-state index contributed by atoms with van der Waals surface area (Å²) in [4.78, 5) is 13.1. The summed E-state index contributed by atoms with van der Waals surface area (Å²) in [6.45, 7) is 2.51. The van der Waals surface area contributed by atoms with Gasteiger partial charge in [0.15, 0.2) is 11.5 Å². The lowest BCUT2D eigenvalue weighted by atomic mass is 10.1. The molecule has 0 atom stereocenters. The molecule has 0 aliphatic heterocycles. The van der Waals surface area contributed by atoms with Crippen LogP contribution in [0.25, 0.3) is 10.2 Å². The Morgan fingerprint density at radius 1 is 1.27 bits per heavy atom. The molecular weight excluding hydrogens is 483 g/mol.